The summed E-state index contributed by atoms with van der Waals surface area (Å²) >= 11 is 3.45. The van der Waals surface area contributed by atoms with Crippen LogP contribution < -0.4 is 5.32 Å². The Kier molecular flexibility index (Phi) is 1.96. The Labute approximate surface area is 91.6 Å². The van der Waals surface area contributed by atoms with Crippen LogP contribution in [0.15, 0.2) is 29.0 Å². The molecule has 3 heteroatoms. The van der Waals surface area contributed by atoms with E-state index < -0.39 is 0 Å². The molecule has 2 atom stereocenters. The predicted octanol–water partition coefficient (Wildman–Crippen LogP) is 2.22. The second kappa shape index (κ2) is 3.17. The summed E-state index contributed by atoms with van der Waals surface area (Å²) in [5.41, 5.74) is 2.70. The molecule has 0 amide bonds. The van der Waals surface area contributed by atoms with Crippen molar-refractivity contribution in [2.45, 2.75) is 12.5 Å². The van der Waals surface area contributed by atoms with Crippen LogP contribution in [0.25, 0.3) is 5.57 Å². The minimum Gasteiger partial charge on any atom is -0.310 e. The van der Waals surface area contributed by atoms with E-state index in [0.717, 1.165) is 10.4 Å². The Balaban J connectivity index is 1.92. The highest BCUT2D eigenvalue weighted by Gasteiger charge is 2.34. The largest absolute Gasteiger partial charge is 0.310 e. The topological polar surface area (TPSA) is 24.9 Å². The van der Waals surface area contributed by atoms with Gasteiger partial charge in [-0.1, -0.05) is 6.08 Å². The van der Waals surface area contributed by atoms with E-state index >= 15 is 0 Å². The fourth-order valence-electron chi connectivity index (χ4n) is 2.18. The molecule has 72 valence electrons. The van der Waals surface area contributed by atoms with Gasteiger partial charge in [-0.2, -0.15) is 0 Å². The van der Waals surface area contributed by atoms with E-state index in [-0.39, 0.29) is 0 Å². The van der Waals surface area contributed by atoms with Crippen LogP contribution in [0.3, 0.4) is 0 Å². The molecule has 2 aliphatic rings. The number of allylic oxidation sites excluding steroid dienone is 1. The van der Waals surface area contributed by atoms with E-state index in [0.29, 0.717) is 6.04 Å². The van der Waals surface area contributed by atoms with Crippen LogP contribution in [-0.4, -0.2) is 17.6 Å². The lowest BCUT2D eigenvalue weighted by Crippen LogP contribution is -2.49. The SMILES string of the molecule is Brc1cncc(C2=C[C@H]3NC[C@H]3C2)c1. The third kappa shape index (κ3) is 1.31. The second-order valence-electron chi connectivity index (χ2n) is 3.98. The molecule has 0 saturated carbocycles. The number of halogens is 1. The Morgan fingerprint density at radius 1 is 1.43 bits per heavy atom. The quantitative estimate of drug-likeness (QED) is 0.827. The molecule has 0 unspecified atom stereocenters. The molecule has 0 bridgehead atoms. The van der Waals surface area contributed by atoms with E-state index in [1.54, 1.807) is 0 Å². The molecule has 1 aromatic heterocycles. The van der Waals surface area contributed by atoms with Crippen LogP contribution in [0.2, 0.25) is 0 Å². The third-order valence-electron chi connectivity index (χ3n) is 3.06. The van der Waals surface area contributed by atoms with Crippen molar-refractivity contribution in [2.75, 3.05) is 6.54 Å². The van der Waals surface area contributed by atoms with Crippen LogP contribution >= 0.6 is 15.9 Å². The van der Waals surface area contributed by atoms with Gasteiger partial charge in [-0.25, -0.2) is 0 Å². The molecular formula is C11H11BrN2. The number of nitrogens with one attached hydrogen (secondary N) is 1. The first-order chi connectivity index (χ1) is 6.83. The van der Waals surface area contributed by atoms with Gasteiger partial charge in [0.1, 0.15) is 0 Å². The maximum atomic E-state index is 4.19. The highest BCUT2D eigenvalue weighted by Crippen LogP contribution is 2.36. The lowest BCUT2D eigenvalue weighted by Gasteiger charge is -2.31. The molecule has 0 aromatic carbocycles. The van der Waals surface area contributed by atoms with E-state index in [1.807, 2.05) is 12.4 Å². The van der Waals surface area contributed by atoms with Gasteiger partial charge < -0.3 is 5.32 Å². The summed E-state index contributed by atoms with van der Waals surface area (Å²) in [6, 6.07) is 2.77. The molecule has 3 rings (SSSR count). The van der Waals surface area contributed by atoms with Gasteiger partial charge >= 0.3 is 0 Å². The Morgan fingerprint density at radius 2 is 2.36 bits per heavy atom. The zero-order valence-electron chi connectivity index (χ0n) is 7.70. The first-order valence-electron chi connectivity index (χ1n) is 4.88. The van der Waals surface area contributed by atoms with E-state index in [4.69, 9.17) is 0 Å². The first-order valence-corrected chi connectivity index (χ1v) is 5.67. The molecule has 1 aliphatic carbocycles. The molecular weight excluding hydrogens is 240 g/mol. The minimum absolute atomic E-state index is 0.629. The molecule has 0 radical (unpaired) electrons. The van der Waals surface area contributed by atoms with Crippen LogP contribution in [0.4, 0.5) is 0 Å². The average molecular weight is 251 g/mol. The summed E-state index contributed by atoms with van der Waals surface area (Å²) in [5, 5.41) is 3.41. The van der Waals surface area contributed by atoms with Gasteiger partial charge in [0, 0.05) is 29.5 Å². The molecule has 2 nitrogen and oxygen atoms in total. The maximum absolute atomic E-state index is 4.19. The van der Waals surface area contributed by atoms with Crippen molar-refractivity contribution < 1.29 is 0 Å². The molecule has 1 N–H and O–H groups in total. The summed E-state index contributed by atoms with van der Waals surface area (Å²) in [7, 11) is 0. The number of pyridine rings is 1. The summed E-state index contributed by atoms with van der Waals surface area (Å²) in [6.07, 6.45) is 7.32. The normalized spacial score (nSPS) is 29.4. The number of fused-ring (bicyclic) bond motifs is 1. The lowest BCUT2D eigenvalue weighted by molar-refractivity contribution is 0.301. The summed E-state index contributed by atoms with van der Waals surface area (Å²) in [4.78, 5) is 4.19. The smallest absolute Gasteiger partial charge is 0.0410 e. The van der Waals surface area contributed by atoms with Crippen molar-refractivity contribution in [1.82, 2.24) is 10.3 Å². The number of hydrogen-bond acceptors (Lipinski definition) is 2. The third-order valence-corrected chi connectivity index (χ3v) is 3.50. The second-order valence-corrected chi connectivity index (χ2v) is 4.90. The van der Waals surface area contributed by atoms with Crippen molar-refractivity contribution in [3.8, 4) is 0 Å². The molecule has 0 spiro atoms. The van der Waals surface area contributed by atoms with Gasteiger partial charge in [0.05, 0.1) is 0 Å². The molecule has 1 aromatic rings. The molecule has 14 heavy (non-hydrogen) atoms. The number of nitrogens with zero attached hydrogens (tertiary/aromatic N) is 1. The summed E-state index contributed by atoms with van der Waals surface area (Å²) in [5.74, 6) is 0.837. The molecule has 2 heterocycles. The maximum Gasteiger partial charge on any atom is 0.0410 e. The number of rotatable bonds is 1. The van der Waals surface area contributed by atoms with E-state index in [1.165, 1.54) is 24.1 Å². The first kappa shape index (κ1) is 8.62. The van der Waals surface area contributed by atoms with Crippen molar-refractivity contribution in [3.63, 3.8) is 0 Å². The fourth-order valence-corrected chi connectivity index (χ4v) is 2.55. The van der Waals surface area contributed by atoms with Gasteiger partial charge in [0.2, 0.25) is 0 Å². The van der Waals surface area contributed by atoms with Crippen molar-refractivity contribution in [2.24, 2.45) is 5.92 Å². The summed E-state index contributed by atoms with van der Waals surface area (Å²) < 4.78 is 1.06. The predicted molar refractivity (Wildman–Crippen MR) is 59.8 cm³/mol. The Morgan fingerprint density at radius 3 is 2.93 bits per heavy atom. The zero-order valence-corrected chi connectivity index (χ0v) is 9.29. The fraction of sp³-hybridized carbons (Fsp3) is 0.364. The Hall–Kier alpha value is -0.670. The monoisotopic (exact) mass is 250 g/mol. The van der Waals surface area contributed by atoms with Crippen LogP contribution in [-0.2, 0) is 0 Å². The lowest BCUT2D eigenvalue weighted by atomic mass is 9.94. The van der Waals surface area contributed by atoms with Gasteiger partial charge in [0.15, 0.2) is 0 Å². The van der Waals surface area contributed by atoms with E-state index in [2.05, 4.69) is 38.4 Å². The van der Waals surface area contributed by atoms with Gasteiger partial charge in [-0.15, -0.1) is 0 Å². The van der Waals surface area contributed by atoms with Crippen molar-refractivity contribution in [3.05, 3.63) is 34.6 Å². The molecule has 1 saturated heterocycles. The standard InChI is InChI=1S/C11H11BrN2/c12-10-2-8(4-13-6-10)7-1-9-5-14-11(9)3-7/h2-4,6,9,11,14H,1,5H2/t9-,11-/m1/s1. The van der Waals surface area contributed by atoms with Gasteiger partial charge in [-0.3, -0.25) is 4.98 Å². The Bertz CT molecular complexity index is 400. The van der Waals surface area contributed by atoms with Crippen LogP contribution in [0.5, 0.6) is 0 Å². The van der Waals surface area contributed by atoms with Crippen LogP contribution in [0, 0.1) is 5.92 Å². The highest BCUT2D eigenvalue weighted by molar-refractivity contribution is 9.10. The van der Waals surface area contributed by atoms with Crippen molar-refractivity contribution >= 4 is 21.5 Å². The van der Waals surface area contributed by atoms with Crippen molar-refractivity contribution in [1.29, 1.82) is 0 Å². The molecule has 1 fully saturated rings. The van der Waals surface area contributed by atoms with Crippen LogP contribution in [0.1, 0.15) is 12.0 Å². The average Bonchev–Trinajstić information content (AvgIpc) is 2.43. The molecule has 1 aliphatic heterocycles. The van der Waals surface area contributed by atoms with E-state index in [9.17, 15) is 0 Å². The highest BCUT2D eigenvalue weighted by atomic mass is 79.9. The zero-order chi connectivity index (χ0) is 9.54. The number of aromatic nitrogens is 1. The number of hydrogen-bond donors (Lipinski definition) is 1. The summed E-state index contributed by atoms with van der Waals surface area (Å²) in [6.45, 7) is 1.17. The van der Waals surface area contributed by atoms with Gasteiger partial charge in [0.25, 0.3) is 0 Å². The van der Waals surface area contributed by atoms with Gasteiger partial charge in [-0.05, 0) is 45.5 Å². The minimum atomic E-state index is 0.629.